The molecule has 1 aliphatic rings. The van der Waals surface area contributed by atoms with Gasteiger partial charge in [0.05, 0.1) is 22.9 Å². The summed E-state index contributed by atoms with van der Waals surface area (Å²) in [7, 11) is 0. The molecule has 1 aromatic rings. The van der Waals surface area contributed by atoms with E-state index in [1.54, 1.807) is 6.07 Å². The third kappa shape index (κ3) is 1.47. The standard InChI is InChI=1S/C9H10Cl2N2O/c1-4-3-13-6-2-5(12)7(10)8(11)9(6)14-4/h2,4,13H,3,12H2,1H3. The first kappa shape index (κ1) is 9.74. The predicted molar refractivity (Wildman–Crippen MR) is 59.5 cm³/mol. The van der Waals surface area contributed by atoms with Gasteiger partial charge in [0.1, 0.15) is 11.1 Å². The van der Waals surface area contributed by atoms with E-state index in [9.17, 15) is 0 Å². The Morgan fingerprint density at radius 2 is 2.21 bits per heavy atom. The number of halogens is 2. The lowest BCUT2D eigenvalue weighted by Gasteiger charge is -2.26. The lowest BCUT2D eigenvalue weighted by atomic mass is 10.2. The summed E-state index contributed by atoms with van der Waals surface area (Å²) in [6.07, 6.45) is 0.0830. The largest absolute Gasteiger partial charge is 0.485 e. The van der Waals surface area contributed by atoms with E-state index in [0.29, 0.717) is 21.5 Å². The molecule has 0 radical (unpaired) electrons. The van der Waals surface area contributed by atoms with Crippen LogP contribution < -0.4 is 15.8 Å². The van der Waals surface area contributed by atoms with Gasteiger partial charge in [0, 0.05) is 0 Å². The van der Waals surface area contributed by atoms with Gasteiger partial charge in [-0.1, -0.05) is 23.2 Å². The van der Waals surface area contributed by atoms with Gasteiger partial charge in [0.2, 0.25) is 0 Å². The van der Waals surface area contributed by atoms with E-state index >= 15 is 0 Å². The summed E-state index contributed by atoms with van der Waals surface area (Å²) in [4.78, 5) is 0. The summed E-state index contributed by atoms with van der Waals surface area (Å²) in [5, 5.41) is 3.90. The highest BCUT2D eigenvalue weighted by atomic mass is 35.5. The van der Waals surface area contributed by atoms with Crippen LogP contribution in [0.1, 0.15) is 6.92 Å². The number of hydrogen-bond acceptors (Lipinski definition) is 3. The highest BCUT2D eigenvalue weighted by Crippen LogP contribution is 2.43. The monoisotopic (exact) mass is 232 g/mol. The molecule has 14 heavy (non-hydrogen) atoms. The second-order valence-corrected chi connectivity index (χ2v) is 4.04. The molecule has 1 unspecified atom stereocenters. The van der Waals surface area contributed by atoms with Gasteiger partial charge in [0.15, 0.2) is 5.75 Å². The molecule has 3 N–H and O–H groups in total. The van der Waals surface area contributed by atoms with Crippen LogP contribution in [0.4, 0.5) is 11.4 Å². The van der Waals surface area contributed by atoms with Crippen LogP contribution in [0.2, 0.25) is 10.0 Å². The summed E-state index contributed by atoms with van der Waals surface area (Å²) in [6, 6.07) is 1.73. The molecule has 0 fully saturated rings. The second-order valence-electron chi connectivity index (χ2n) is 3.28. The third-order valence-corrected chi connectivity index (χ3v) is 2.95. The van der Waals surface area contributed by atoms with Crippen molar-refractivity contribution in [1.29, 1.82) is 0 Å². The molecule has 76 valence electrons. The van der Waals surface area contributed by atoms with Crippen molar-refractivity contribution in [2.24, 2.45) is 0 Å². The fourth-order valence-electron chi connectivity index (χ4n) is 1.37. The Morgan fingerprint density at radius 3 is 2.93 bits per heavy atom. The molecule has 0 saturated carbocycles. The number of nitrogens with one attached hydrogen (secondary N) is 1. The minimum Gasteiger partial charge on any atom is -0.485 e. The Balaban J connectivity index is 2.55. The molecule has 1 aliphatic heterocycles. The van der Waals surface area contributed by atoms with Crippen LogP contribution in [0.25, 0.3) is 0 Å². The molecule has 1 atom stereocenters. The fourth-order valence-corrected chi connectivity index (χ4v) is 1.77. The number of fused-ring (bicyclic) bond motifs is 1. The SMILES string of the molecule is CC1CNc2cc(N)c(Cl)c(Cl)c2O1. The van der Waals surface area contributed by atoms with Gasteiger partial charge in [-0.2, -0.15) is 0 Å². The molecule has 0 spiro atoms. The number of nitrogens with two attached hydrogens (primary N) is 1. The van der Waals surface area contributed by atoms with Crippen molar-refractivity contribution < 1.29 is 4.74 Å². The molecular weight excluding hydrogens is 223 g/mol. The van der Waals surface area contributed by atoms with Gasteiger partial charge < -0.3 is 15.8 Å². The number of nitrogen functional groups attached to an aromatic ring is 1. The van der Waals surface area contributed by atoms with E-state index < -0.39 is 0 Å². The Bertz CT molecular complexity index is 382. The average Bonchev–Trinajstić information content (AvgIpc) is 2.16. The highest BCUT2D eigenvalue weighted by molar-refractivity contribution is 6.45. The zero-order valence-corrected chi connectivity index (χ0v) is 9.12. The van der Waals surface area contributed by atoms with Crippen molar-refractivity contribution in [3.8, 4) is 5.75 Å². The van der Waals surface area contributed by atoms with Crippen molar-refractivity contribution in [1.82, 2.24) is 0 Å². The van der Waals surface area contributed by atoms with Crippen LogP contribution in [0.5, 0.6) is 5.75 Å². The van der Waals surface area contributed by atoms with Crippen molar-refractivity contribution in [3.05, 3.63) is 16.1 Å². The van der Waals surface area contributed by atoms with E-state index in [4.69, 9.17) is 33.7 Å². The molecule has 0 aromatic heterocycles. The van der Waals surface area contributed by atoms with Crippen LogP contribution >= 0.6 is 23.2 Å². The third-order valence-electron chi connectivity index (χ3n) is 2.09. The van der Waals surface area contributed by atoms with E-state index in [-0.39, 0.29) is 6.10 Å². The second kappa shape index (κ2) is 3.41. The van der Waals surface area contributed by atoms with Crippen LogP contribution in [0, 0.1) is 0 Å². The molecule has 0 aliphatic carbocycles. The summed E-state index contributed by atoms with van der Waals surface area (Å²) in [5.41, 5.74) is 6.93. The summed E-state index contributed by atoms with van der Waals surface area (Å²) in [6.45, 7) is 2.70. The predicted octanol–water partition coefficient (Wildman–Crippen LogP) is 2.77. The van der Waals surface area contributed by atoms with Crippen molar-refractivity contribution in [3.63, 3.8) is 0 Å². The Kier molecular flexibility index (Phi) is 2.37. The maximum Gasteiger partial charge on any atom is 0.163 e. The van der Waals surface area contributed by atoms with Crippen LogP contribution in [-0.2, 0) is 0 Å². The lowest BCUT2D eigenvalue weighted by Crippen LogP contribution is -2.28. The maximum absolute atomic E-state index is 6.00. The topological polar surface area (TPSA) is 47.3 Å². The van der Waals surface area contributed by atoms with Crippen LogP contribution in [-0.4, -0.2) is 12.6 Å². The fraction of sp³-hybridized carbons (Fsp3) is 0.333. The number of ether oxygens (including phenoxy) is 1. The summed E-state index contributed by atoms with van der Waals surface area (Å²) in [5.74, 6) is 0.588. The van der Waals surface area contributed by atoms with E-state index in [1.165, 1.54) is 0 Å². The highest BCUT2D eigenvalue weighted by Gasteiger charge is 2.21. The molecular formula is C9H10Cl2N2O. The minimum absolute atomic E-state index is 0.0830. The number of benzene rings is 1. The first-order valence-electron chi connectivity index (χ1n) is 4.27. The van der Waals surface area contributed by atoms with E-state index in [2.05, 4.69) is 5.32 Å². The van der Waals surface area contributed by atoms with Gasteiger partial charge in [-0.15, -0.1) is 0 Å². The summed E-state index contributed by atoms with van der Waals surface area (Å²) < 4.78 is 5.56. The maximum atomic E-state index is 6.00. The van der Waals surface area contributed by atoms with E-state index in [0.717, 1.165) is 12.2 Å². The quantitative estimate of drug-likeness (QED) is 0.677. The number of rotatable bonds is 0. The molecule has 3 nitrogen and oxygen atoms in total. The Morgan fingerprint density at radius 1 is 1.50 bits per heavy atom. The van der Waals surface area contributed by atoms with Gasteiger partial charge >= 0.3 is 0 Å². The normalized spacial score (nSPS) is 19.5. The van der Waals surface area contributed by atoms with Gasteiger partial charge in [-0.25, -0.2) is 0 Å². The molecule has 0 saturated heterocycles. The number of hydrogen-bond donors (Lipinski definition) is 2. The Labute approximate surface area is 92.1 Å². The van der Waals surface area contributed by atoms with Crippen LogP contribution in [0.15, 0.2) is 6.07 Å². The zero-order chi connectivity index (χ0) is 10.3. The molecule has 2 rings (SSSR count). The first-order chi connectivity index (χ1) is 6.59. The molecule has 0 bridgehead atoms. The van der Waals surface area contributed by atoms with Gasteiger partial charge in [0.25, 0.3) is 0 Å². The Hall–Kier alpha value is -0.800. The van der Waals surface area contributed by atoms with Crippen molar-refractivity contribution >= 4 is 34.6 Å². The van der Waals surface area contributed by atoms with Gasteiger partial charge in [-0.3, -0.25) is 0 Å². The summed E-state index contributed by atoms with van der Waals surface area (Å²) >= 11 is 11.9. The molecule has 0 amide bonds. The minimum atomic E-state index is 0.0830. The lowest BCUT2D eigenvalue weighted by molar-refractivity contribution is 0.226. The first-order valence-corrected chi connectivity index (χ1v) is 5.03. The van der Waals surface area contributed by atoms with E-state index in [1.807, 2.05) is 6.92 Å². The molecule has 1 aromatic carbocycles. The smallest absolute Gasteiger partial charge is 0.163 e. The van der Waals surface area contributed by atoms with Crippen LogP contribution in [0.3, 0.4) is 0 Å². The number of anilines is 2. The zero-order valence-electron chi connectivity index (χ0n) is 7.60. The van der Waals surface area contributed by atoms with Gasteiger partial charge in [-0.05, 0) is 13.0 Å². The molecule has 5 heteroatoms. The van der Waals surface area contributed by atoms with Crippen molar-refractivity contribution in [2.75, 3.05) is 17.6 Å². The molecule has 1 heterocycles. The van der Waals surface area contributed by atoms with Crippen molar-refractivity contribution in [2.45, 2.75) is 13.0 Å². The average molecular weight is 233 g/mol.